The molecule has 0 fully saturated rings. The number of fused-ring (bicyclic) bond motifs is 2. The topological polar surface area (TPSA) is 38.8 Å². The number of aryl methyl sites for hydroxylation is 2. The molecule has 1 aliphatic rings. The summed E-state index contributed by atoms with van der Waals surface area (Å²) < 4.78 is 11.0. The number of anilines is 1. The Morgan fingerprint density at radius 2 is 1.81 bits per heavy atom. The average molecular weight is 361 g/mol. The van der Waals surface area contributed by atoms with Gasteiger partial charge in [-0.15, -0.1) is 0 Å². The Bertz CT molecular complexity index is 1030. The Labute approximate surface area is 159 Å². The zero-order valence-corrected chi connectivity index (χ0v) is 15.9. The molecule has 0 N–H and O–H groups in total. The second-order valence-corrected chi connectivity index (χ2v) is 6.93. The molecule has 0 aliphatic carbocycles. The molecule has 1 aliphatic heterocycles. The van der Waals surface area contributed by atoms with Crippen molar-refractivity contribution in [3.8, 4) is 11.5 Å². The molecular weight excluding hydrogens is 338 g/mol. The van der Waals surface area contributed by atoms with Crippen LogP contribution in [0.3, 0.4) is 0 Å². The molecule has 4 heteroatoms. The van der Waals surface area contributed by atoms with Crippen LogP contribution in [0.25, 0.3) is 10.8 Å². The molecule has 0 unspecified atom stereocenters. The highest BCUT2D eigenvalue weighted by Gasteiger charge is 2.26. The van der Waals surface area contributed by atoms with Gasteiger partial charge in [-0.05, 0) is 60.5 Å². The Morgan fingerprint density at radius 3 is 2.59 bits per heavy atom. The lowest BCUT2D eigenvalue weighted by molar-refractivity contribution is 0.0982. The van der Waals surface area contributed by atoms with E-state index in [1.165, 1.54) is 5.56 Å². The molecule has 0 radical (unpaired) electrons. The van der Waals surface area contributed by atoms with Gasteiger partial charge in [-0.25, -0.2) is 0 Å². The van der Waals surface area contributed by atoms with Gasteiger partial charge in [0.2, 0.25) is 0 Å². The van der Waals surface area contributed by atoms with E-state index in [0.717, 1.165) is 40.6 Å². The van der Waals surface area contributed by atoms with E-state index in [-0.39, 0.29) is 5.91 Å². The fourth-order valence-electron chi connectivity index (χ4n) is 3.83. The van der Waals surface area contributed by atoms with Crippen molar-refractivity contribution in [2.75, 3.05) is 25.7 Å². The summed E-state index contributed by atoms with van der Waals surface area (Å²) in [7, 11) is 3.25. The van der Waals surface area contributed by atoms with Gasteiger partial charge in [0.1, 0.15) is 11.5 Å². The maximum Gasteiger partial charge on any atom is 0.262 e. The van der Waals surface area contributed by atoms with E-state index in [2.05, 4.69) is 25.1 Å². The van der Waals surface area contributed by atoms with Crippen LogP contribution in [-0.2, 0) is 6.42 Å². The van der Waals surface area contributed by atoms with Crippen molar-refractivity contribution in [1.29, 1.82) is 0 Å². The van der Waals surface area contributed by atoms with E-state index >= 15 is 0 Å². The van der Waals surface area contributed by atoms with Gasteiger partial charge in [0.15, 0.2) is 0 Å². The quantitative estimate of drug-likeness (QED) is 0.675. The Hall–Kier alpha value is -3.01. The highest BCUT2D eigenvalue weighted by Crippen LogP contribution is 2.35. The van der Waals surface area contributed by atoms with Crippen molar-refractivity contribution in [2.45, 2.75) is 19.8 Å². The first kappa shape index (κ1) is 17.4. The van der Waals surface area contributed by atoms with Gasteiger partial charge in [0.05, 0.1) is 19.8 Å². The molecule has 0 atom stereocenters. The van der Waals surface area contributed by atoms with Gasteiger partial charge in [0, 0.05) is 17.6 Å². The third-order valence-corrected chi connectivity index (χ3v) is 5.22. The summed E-state index contributed by atoms with van der Waals surface area (Å²) in [5.74, 6) is 1.31. The monoisotopic (exact) mass is 361 g/mol. The average Bonchev–Trinajstić information content (AvgIpc) is 2.71. The minimum absolute atomic E-state index is 0.0249. The van der Waals surface area contributed by atoms with E-state index in [9.17, 15) is 4.79 Å². The summed E-state index contributed by atoms with van der Waals surface area (Å²) in [6.07, 6.45) is 1.97. The standard InChI is InChI=1S/C23H23NO3/c1-15-9-10-16-7-5-11-24(20(16)12-15)23(25)19-13-17-6-4-8-21(26-2)18(17)14-22(19)27-3/h4,6,8-10,12-14H,5,7,11H2,1-3H3. The third-order valence-electron chi connectivity index (χ3n) is 5.22. The molecule has 138 valence electrons. The molecule has 27 heavy (non-hydrogen) atoms. The highest BCUT2D eigenvalue weighted by atomic mass is 16.5. The molecule has 0 bridgehead atoms. The first-order valence-electron chi connectivity index (χ1n) is 9.18. The van der Waals surface area contributed by atoms with E-state index in [4.69, 9.17) is 9.47 Å². The Kier molecular flexibility index (Phi) is 4.48. The second-order valence-electron chi connectivity index (χ2n) is 6.93. The maximum absolute atomic E-state index is 13.5. The van der Waals surface area contributed by atoms with Crippen molar-refractivity contribution in [3.05, 3.63) is 65.2 Å². The van der Waals surface area contributed by atoms with E-state index in [1.807, 2.05) is 35.2 Å². The molecule has 4 rings (SSSR count). The van der Waals surface area contributed by atoms with Gasteiger partial charge in [-0.2, -0.15) is 0 Å². The number of carbonyl (C=O) groups excluding carboxylic acids is 1. The van der Waals surface area contributed by atoms with Crippen molar-refractivity contribution in [2.24, 2.45) is 0 Å². The number of nitrogens with zero attached hydrogens (tertiary/aromatic N) is 1. The number of amides is 1. The minimum atomic E-state index is -0.0249. The third kappa shape index (κ3) is 3.01. The van der Waals surface area contributed by atoms with Crippen molar-refractivity contribution < 1.29 is 14.3 Å². The number of hydrogen-bond donors (Lipinski definition) is 0. The van der Waals surface area contributed by atoms with Crippen LogP contribution in [0.4, 0.5) is 5.69 Å². The largest absolute Gasteiger partial charge is 0.496 e. The summed E-state index contributed by atoms with van der Waals surface area (Å²) in [6, 6.07) is 16.0. The number of hydrogen-bond acceptors (Lipinski definition) is 3. The Balaban J connectivity index is 1.83. The summed E-state index contributed by atoms with van der Waals surface area (Å²) in [5.41, 5.74) is 3.97. The number of rotatable bonds is 3. The highest BCUT2D eigenvalue weighted by molar-refractivity contribution is 6.11. The van der Waals surface area contributed by atoms with Crippen LogP contribution < -0.4 is 14.4 Å². The molecule has 3 aromatic carbocycles. The molecule has 3 aromatic rings. The molecule has 0 saturated heterocycles. The van der Waals surface area contributed by atoms with Crippen LogP contribution in [0, 0.1) is 6.92 Å². The van der Waals surface area contributed by atoms with Gasteiger partial charge < -0.3 is 14.4 Å². The summed E-state index contributed by atoms with van der Waals surface area (Å²) in [5, 5.41) is 1.89. The van der Waals surface area contributed by atoms with Crippen LogP contribution in [0.2, 0.25) is 0 Å². The smallest absolute Gasteiger partial charge is 0.262 e. The minimum Gasteiger partial charge on any atom is -0.496 e. The predicted molar refractivity (Wildman–Crippen MR) is 108 cm³/mol. The molecule has 0 aromatic heterocycles. The fraction of sp³-hybridized carbons (Fsp3) is 0.261. The lowest BCUT2D eigenvalue weighted by atomic mass is 9.98. The predicted octanol–water partition coefficient (Wildman–Crippen LogP) is 4.76. The van der Waals surface area contributed by atoms with Crippen LogP contribution in [0.15, 0.2) is 48.5 Å². The van der Waals surface area contributed by atoms with Crippen LogP contribution in [0.1, 0.15) is 27.9 Å². The van der Waals surface area contributed by atoms with Crippen LogP contribution in [0.5, 0.6) is 11.5 Å². The SMILES string of the molecule is COc1cc2c(OC)cccc2cc1C(=O)N1CCCc2ccc(C)cc21. The molecule has 1 heterocycles. The maximum atomic E-state index is 13.5. The van der Waals surface area contributed by atoms with Crippen molar-refractivity contribution in [3.63, 3.8) is 0 Å². The lowest BCUT2D eigenvalue weighted by Crippen LogP contribution is -2.35. The number of methoxy groups -OCH3 is 2. The zero-order chi connectivity index (χ0) is 19.0. The first-order chi connectivity index (χ1) is 13.1. The summed E-state index contributed by atoms with van der Waals surface area (Å²) >= 11 is 0. The second kappa shape index (κ2) is 6.95. The fourth-order valence-corrected chi connectivity index (χ4v) is 3.83. The van der Waals surface area contributed by atoms with Gasteiger partial charge in [-0.3, -0.25) is 4.79 Å². The Morgan fingerprint density at radius 1 is 1.00 bits per heavy atom. The normalized spacial score (nSPS) is 13.4. The number of carbonyl (C=O) groups is 1. The van der Waals surface area contributed by atoms with Crippen LogP contribution in [-0.4, -0.2) is 26.7 Å². The zero-order valence-electron chi connectivity index (χ0n) is 15.9. The lowest BCUT2D eigenvalue weighted by Gasteiger charge is -2.30. The number of benzene rings is 3. The van der Waals surface area contributed by atoms with Crippen molar-refractivity contribution in [1.82, 2.24) is 0 Å². The summed E-state index contributed by atoms with van der Waals surface area (Å²) in [6.45, 7) is 2.77. The van der Waals surface area contributed by atoms with E-state index in [1.54, 1.807) is 14.2 Å². The van der Waals surface area contributed by atoms with Gasteiger partial charge in [0.25, 0.3) is 5.91 Å². The number of ether oxygens (including phenoxy) is 2. The molecule has 0 spiro atoms. The van der Waals surface area contributed by atoms with Gasteiger partial charge >= 0.3 is 0 Å². The molecule has 1 amide bonds. The first-order valence-corrected chi connectivity index (χ1v) is 9.18. The summed E-state index contributed by atoms with van der Waals surface area (Å²) in [4.78, 5) is 15.4. The van der Waals surface area contributed by atoms with E-state index < -0.39 is 0 Å². The van der Waals surface area contributed by atoms with E-state index in [0.29, 0.717) is 17.9 Å². The molecule has 4 nitrogen and oxygen atoms in total. The van der Waals surface area contributed by atoms with Crippen LogP contribution >= 0.6 is 0 Å². The molecule has 0 saturated carbocycles. The van der Waals surface area contributed by atoms with Gasteiger partial charge in [-0.1, -0.05) is 24.3 Å². The molecular formula is C23H23NO3. The van der Waals surface area contributed by atoms with Crippen molar-refractivity contribution >= 4 is 22.4 Å².